The van der Waals surface area contributed by atoms with Crippen molar-refractivity contribution in [3.63, 3.8) is 0 Å². The zero-order valence-corrected chi connectivity index (χ0v) is 15.1. The summed E-state index contributed by atoms with van der Waals surface area (Å²) in [7, 11) is 0. The third-order valence-corrected chi connectivity index (χ3v) is 5.00. The minimum absolute atomic E-state index is 0.118. The van der Waals surface area contributed by atoms with Gasteiger partial charge in [-0.15, -0.1) is 11.3 Å². The second-order valence-corrected chi connectivity index (χ2v) is 6.90. The molecule has 3 aromatic rings. The first-order valence-corrected chi connectivity index (χ1v) is 8.80. The Labute approximate surface area is 153 Å². The van der Waals surface area contributed by atoms with Crippen molar-refractivity contribution in [1.82, 2.24) is 4.98 Å². The number of nitrogens with zero attached hydrogens (tertiary/aromatic N) is 1. The maximum atomic E-state index is 12.1. The second-order valence-electron chi connectivity index (χ2n) is 5.23. The summed E-state index contributed by atoms with van der Waals surface area (Å²) < 4.78 is 5.28. The maximum Gasteiger partial charge on any atom is 0.358 e. The third-order valence-electron chi connectivity index (χ3n) is 3.37. The van der Waals surface area contributed by atoms with E-state index in [2.05, 4.69) is 4.98 Å². The monoisotopic (exact) mass is 377 g/mol. The molecule has 0 aliphatic rings. The lowest BCUT2D eigenvalue weighted by Gasteiger charge is -2.04. The molecule has 3 nitrogen and oxygen atoms in total. The summed E-state index contributed by atoms with van der Waals surface area (Å²) in [6.07, 6.45) is 0. The van der Waals surface area contributed by atoms with Crippen LogP contribution in [-0.2, 0) is 11.3 Å². The van der Waals surface area contributed by atoms with Gasteiger partial charge in [0.1, 0.15) is 11.6 Å². The molecule has 0 bridgehead atoms. The molecule has 0 atom stereocenters. The molecule has 122 valence electrons. The Morgan fingerprint density at radius 2 is 1.88 bits per heavy atom. The molecular formula is C18H13Cl2NO2S. The number of ether oxygens (including phenoxy) is 1. The number of carbonyl (C=O) groups excluding carboxylic acids is 1. The zero-order chi connectivity index (χ0) is 17.1. The highest BCUT2D eigenvalue weighted by atomic mass is 35.5. The number of benzene rings is 2. The largest absolute Gasteiger partial charge is 0.456 e. The number of hydrogen-bond donors (Lipinski definition) is 0. The minimum atomic E-state index is -0.462. The summed E-state index contributed by atoms with van der Waals surface area (Å²) >= 11 is 13.2. The van der Waals surface area contributed by atoms with Crippen molar-refractivity contribution in [2.45, 2.75) is 13.5 Å². The van der Waals surface area contributed by atoms with Crippen LogP contribution in [0.25, 0.3) is 10.6 Å². The Hall–Kier alpha value is -1.88. The first kappa shape index (κ1) is 17.0. The van der Waals surface area contributed by atoms with Gasteiger partial charge in [0, 0.05) is 10.9 Å². The SMILES string of the molecule is Cc1ccc(-c2nc(C(=O)OCc3ccc(Cl)c(Cl)c3)cs2)cc1. The van der Waals surface area contributed by atoms with Crippen molar-refractivity contribution in [2.24, 2.45) is 0 Å². The molecule has 2 aromatic carbocycles. The smallest absolute Gasteiger partial charge is 0.358 e. The maximum absolute atomic E-state index is 12.1. The lowest BCUT2D eigenvalue weighted by Crippen LogP contribution is -2.05. The highest BCUT2D eigenvalue weighted by Crippen LogP contribution is 2.25. The molecule has 0 saturated heterocycles. The van der Waals surface area contributed by atoms with Gasteiger partial charge in [-0.2, -0.15) is 0 Å². The molecule has 0 saturated carbocycles. The van der Waals surface area contributed by atoms with Crippen LogP contribution in [0.4, 0.5) is 0 Å². The number of carbonyl (C=O) groups is 1. The van der Waals surface area contributed by atoms with Crippen LogP contribution >= 0.6 is 34.5 Å². The van der Waals surface area contributed by atoms with E-state index in [1.807, 2.05) is 31.2 Å². The van der Waals surface area contributed by atoms with Gasteiger partial charge in [-0.25, -0.2) is 9.78 Å². The predicted octanol–water partition coefficient (Wildman–Crippen LogP) is 5.78. The van der Waals surface area contributed by atoms with Crippen LogP contribution < -0.4 is 0 Å². The lowest BCUT2D eigenvalue weighted by molar-refractivity contribution is 0.0467. The van der Waals surface area contributed by atoms with Crippen molar-refractivity contribution in [3.05, 3.63) is 74.7 Å². The Morgan fingerprint density at radius 1 is 1.12 bits per heavy atom. The number of halogens is 2. The predicted molar refractivity (Wildman–Crippen MR) is 97.9 cm³/mol. The summed E-state index contributed by atoms with van der Waals surface area (Å²) in [6, 6.07) is 13.1. The first-order valence-electron chi connectivity index (χ1n) is 7.16. The van der Waals surface area contributed by atoms with Crippen LogP contribution in [-0.4, -0.2) is 11.0 Å². The van der Waals surface area contributed by atoms with Gasteiger partial charge in [0.05, 0.1) is 10.0 Å². The van der Waals surface area contributed by atoms with Crippen molar-refractivity contribution in [1.29, 1.82) is 0 Å². The summed E-state index contributed by atoms with van der Waals surface area (Å²) in [6.45, 7) is 2.14. The topological polar surface area (TPSA) is 39.2 Å². The summed E-state index contributed by atoms with van der Waals surface area (Å²) in [5.74, 6) is -0.462. The molecule has 0 radical (unpaired) electrons. The van der Waals surface area contributed by atoms with E-state index in [9.17, 15) is 4.79 Å². The Balaban J connectivity index is 1.67. The summed E-state index contributed by atoms with van der Waals surface area (Å²) in [4.78, 5) is 16.5. The van der Waals surface area contributed by atoms with Crippen LogP contribution in [0.3, 0.4) is 0 Å². The van der Waals surface area contributed by atoms with Crippen LogP contribution in [0, 0.1) is 6.92 Å². The van der Waals surface area contributed by atoms with E-state index in [0.29, 0.717) is 15.7 Å². The van der Waals surface area contributed by atoms with Crippen LogP contribution in [0.2, 0.25) is 10.0 Å². The minimum Gasteiger partial charge on any atom is -0.456 e. The van der Waals surface area contributed by atoms with Gasteiger partial charge in [0.15, 0.2) is 5.69 Å². The van der Waals surface area contributed by atoms with Crippen molar-refractivity contribution in [3.8, 4) is 10.6 Å². The molecule has 0 fully saturated rings. The molecule has 24 heavy (non-hydrogen) atoms. The number of aryl methyl sites for hydroxylation is 1. The lowest BCUT2D eigenvalue weighted by atomic mass is 10.2. The van der Waals surface area contributed by atoms with Gasteiger partial charge < -0.3 is 4.74 Å². The Bertz CT molecular complexity index is 875. The van der Waals surface area contributed by atoms with E-state index >= 15 is 0 Å². The number of aromatic nitrogens is 1. The molecule has 6 heteroatoms. The fourth-order valence-corrected chi connectivity index (χ4v) is 3.16. The molecule has 0 N–H and O–H groups in total. The molecule has 0 amide bonds. The molecule has 1 heterocycles. The summed E-state index contributed by atoms with van der Waals surface area (Å²) in [5.41, 5.74) is 3.23. The van der Waals surface area contributed by atoms with Crippen LogP contribution in [0.15, 0.2) is 47.8 Å². The van der Waals surface area contributed by atoms with E-state index in [0.717, 1.165) is 16.1 Å². The average Bonchev–Trinajstić information content (AvgIpc) is 3.06. The summed E-state index contributed by atoms with van der Waals surface area (Å²) in [5, 5.41) is 3.39. The molecular weight excluding hydrogens is 365 g/mol. The molecule has 1 aromatic heterocycles. The highest BCUT2D eigenvalue weighted by Gasteiger charge is 2.13. The van der Waals surface area contributed by atoms with Crippen LogP contribution in [0.1, 0.15) is 21.6 Å². The molecule has 3 rings (SSSR count). The van der Waals surface area contributed by atoms with E-state index in [4.69, 9.17) is 27.9 Å². The van der Waals surface area contributed by atoms with Crippen molar-refractivity contribution >= 4 is 40.5 Å². The first-order chi connectivity index (χ1) is 11.5. The number of rotatable bonds is 4. The third kappa shape index (κ3) is 3.96. The van der Waals surface area contributed by atoms with E-state index < -0.39 is 5.97 Å². The average molecular weight is 378 g/mol. The molecule has 0 aliphatic carbocycles. The Morgan fingerprint density at radius 3 is 2.58 bits per heavy atom. The van der Waals surface area contributed by atoms with E-state index in [1.54, 1.807) is 23.6 Å². The van der Waals surface area contributed by atoms with Gasteiger partial charge in [0.25, 0.3) is 0 Å². The van der Waals surface area contributed by atoms with E-state index in [1.165, 1.54) is 16.9 Å². The second kappa shape index (κ2) is 7.34. The Kier molecular flexibility index (Phi) is 5.19. The van der Waals surface area contributed by atoms with E-state index in [-0.39, 0.29) is 6.61 Å². The molecule has 0 aliphatic heterocycles. The van der Waals surface area contributed by atoms with Gasteiger partial charge in [-0.1, -0.05) is 59.1 Å². The van der Waals surface area contributed by atoms with Crippen molar-refractivity contribution in [2.75, 3.05) is 0 Å². The fraction of sp³-hybridized carbons (Fsp3) is 0.111. The van der Waals surface area contributed by atoms with Crippen molar-refractivity contribution < 1.29 is 9.53 Å². The molecule has 0 spiro atoms. The quantitative estimate of drug-likeness (QED) is 0.540. The zero-order valence-electron chi connectivity index (χ0n) is 12.8. The van der Waals surface area contributed by atoms with Gasteiger partial charge in [-0.3, -0.25) is 0 Å². The normalized spacial score (nSPS) is 10.6. The van der Waals surface area contributed by atoms with Gasteiger partial charge in [-0.05, 0) is 24.6 Å². The van der Waals surface area contributed by atoms with Gasteiger partial charge in [0.2, 0.25) is 0 Å². The number of esters is 1. The molecule has 0 unspecified atom stereocenters. The number of hydrogen-bond acceptors (Lipinski definition) is 4. The fourth-order valence-electron chi connectivity index (χ4n) is 2.05. The van der Waals surface area contributed by atoms with Gasteiger partial charge >= 0.3 is 5.97 Å². The van der Waals surface area contributed by atoms with Crippen LogP contribution in [0.5, 0.6) is 0 Å². The highest BCUT2D eigenvalue weighted by molar-refractivity contribution is 7.13. The standard InChI is InChI=1S/C18H13Cl2NO2S/c1-11-2-5-13(6-3-11)17-21-16(10-24-17)18(22)23-9-12-4-7-14(19)15(20)8-12/h2-8,10H,9H2,1H3. The number of thiazole rings is 1.